The van der Waals surface area contributed by atoms with Crippen LogP contribution in [0.5, 0.6) is 0 Å². The van der Waals surface area contributed by atoms with Crippen LogP contribution >= 0.6 is 0 Å². The van der Waals surface area contributed by atoms with Crippen molar-refractivity contribution in [1.82, 2.24) is 4.90 Å². The van der Waals surface area contributed by atoms with Gasteiger partial charge in [-0.05, 0) is 18.6 Å². The molecule has 1 aliphatic rings. The van der Waals surface area contributed by atoms with Gasteiger partial charge >= 0.3 is 11.9 Å². The highest BCUT2D eigenvalue weighted by Crippen LogP contribution is 2.37. The second-order valence-electron chi connectivity index (χ2n) is 4.79. The Hall–Kier alpha value is -2.37. The molecule has 1 aromatic carbocycles. The molecule has 0 radical (unpaired) electrons. The molecule has 21 heavy (non-hydrogen) atoms. The van der Waals surface area contributed by atoms with Crippen LogP contribution in [0.3, 0.4) is 0 Å². The Labute approximate surface area is 122 Å². The summed E-state index contributed by atoms with van der Waals surface area (Å²) >= 11 is 0. The van der Waals surface area contributed by atoms with Crippen LogP contribution in [0.25, 0.3) is 0 Å². The lowest BCUT2D eigenvalue weighted by molar-refractivity contribution is -0.148. The second-order valence-corrected chi connectivity index (χ2v) is 4.79. The van der Waals surface area contributed by atoms with Gasteiger partial charge in [-0.1, -0.05) is 18.2 Å². The number of hydrogen-bond acceptors (Lipinski definition) is 5. The van der Waals surface area contributed by atoms with E-state index in [0.717, 1.165) is 5.56 Å². The molecule has 6 heteroatoms. The van der Waals surface area contributed by atoms with E-state index in [0.29, 0.717) is 5.56 Å². The molecule has 1 aromatic rings. The molecule has 0 fully saturated rings. The van der Waals surface area contributed by atoms with E-state index >= 15 is 0 Å². The summed E-state index contributed by atoms with van der Waals surface area (Å²) in [6.45, 7) is 1.58. The Bertz CT molecular complexity index is 583. The first-order valence-corrected chi connectivity index (χ1v) is 6.57. The maximum absolute atomic E-state index is 12.5. The van der Waals surface area contributed by atoms with Crippen LogP contribution in [0.15, 0.2) is 24.3 Å². The van der Waals surface area contributed by atoms with Crippen molar-refractivity contribution < 1.29 is 23.9 Å². The zero-order valence-electron chi connectivity index (χ0n) is 12.2. The number of hydrogen-bond donors (Lipinski definition) is 0. The highest BCUT2D eigenvalue weighted by atomic mass is 16.5. The minimum absolute atomic E-state index is 0.000583. The fraction of sp³-hybridized carbons (Fsp3) is 0.400. The molecule has 0 spiro atoms. The monoisotopic (exact) mass is 291 g/mol. The number of amides is 1. The van der Waals surface area contributed by atoms with Gasteiger partial charge in [-0.2, -0.15) is 0 Å². The summed E-state index contributed by atoms with van der Waals surface area (Å²) in [5.41, 5.74) is 1.23. The average molecular weight is 291 g/mol. The highest BCUT2D eigenvalue weighted by Gasteiger charge is 2.42. The molecular weight excluding hydrogens is 274 g/mol. The van der Waals surface area contributed by atoms with E-state index < -0.39 is 24.0 Å². The van der Waals surface area contributed by atoms with Gasteiger partial charge in [0.25, 0.3) is 5.91 Å². The molecule has 112 valence electrons. The summed E-state index contributed by atoms with van der Waals surface area (Å²) in [7, 11) is 2.56. The molecule has 1 aliphatic heterocycles. The van der Waals surface area contributed by atoms with E-state index in [-0.39, 0.29) is 12.3 Å². The molecule has 1 unspecified atom stereocenters. The first-order valence-electron chi connectivity index (χ1n) is 6.57. The summed E-state index contributed by atoms with van der Waals surface area (Å²) in [6, 6.07) is 5.72. The number of fused-ring (bicyclic) bond motifs is 1. The number of carbonyl (C=O) groups excluding carboxylic acids is 3. The normalized spacial score (nSPS) is 18.1. The number of rotatable bonds is 4. The Morgan fingerprint density at radius 3 is 2.52 bits per heavy atom. The van der Waals surface area contributed by atoms with Gasteiger partial charge in [-0.15, -0.1) is 0 Å². The zero-order valence-corrected chi connectivity index (χ0v) is 12.2. The van der Waals surface area contributed by atoms with Gasteiger partial charge in [0.05, 0.1) is 26.7 Å². The lowest BCUT2D eigenvalue weighted by Crippen LogP contribution is -2.42. The topological polar surface area (TPSA) is 72.9 Å². The minimum Gasteiger partial charge on any atom is -0.469 e. The van der Waals surface area contributed by atoms with E-state index in [1.54, 1.807) is 31.2 Å². The first kappa shape index (κ1) is 15.0. The summed E-state index contributed by atoms with van der Waals surface area (Å²) in [5.74, 6) is -1.24. The quantitative estimate of drug-likeness (QED) is 0.782. The zero-order chi connectivity index (χ0) is 15.6. The van der Waals surface area contributed by atoms with Crippen molar-refractivity contribution in [2.45, 2.75) is 25.4 Å². The van der Waals surface area contributed by atoms with Crippen LogP contribution in [0.2, 0.25) is 0 Å². The molecule has 2 atom stereocenters. The van der Waals surface area contributed by atoms with Gasteiger partial charge < -0.3 is 14.4 Å². The van der Waals surface area contributed by atoms with E-state index in [1.807, 2.05) is 0 Å². The minimum atomic E-state index is -0.774. The molecule has 2 rings (SSSR count). The van der Waals surface area contributed by atoms with E-state index in [1.165, 1.54) is 19.1 Å². The molecule has 0 saturated heterocycles. The maximum Gasteiger partial charge on any atom is 0.328 e. The van der Waals surface area contributed by atoms with Crippen molar-refractivity contribution in [3.05, 3.63) is 35.4 Å². The third-order valence-corrected chi connectivity index (χ3v) is 3.67. The van der Waals surface area contributed by atoms with Gasteiger partial charge in [0.2, 0.25) is 0 Å². The van der Waals surface area contributed by atoms with E-state index in [2.05, 4.69) is 4.74 Å². The van der Waals surface area contributed by atoms with Crippen LogP contribution in [0.4, 0.5) is 0 Å². The number of carbonyl (C=O) groups is 3. The van der Waals surface area contributed by atoms with Crippen molar-refractivity contribution in [3.8, 4) is 0 Å². The summed E-state index contributed by atoms with van der Waals surface area (Å²) in [5, 5.41) is 0. The SMILES string of the molecule is COC(=O)CC1c2ccccc2C(=O)N1[C@@H](C)C(=O)OC. The molecule has 0 aromatic heterocycles. The predicted molar refractivity (Wildman–Crippen MR) is 73.5 cm³/mol. The average Bonchev–Trinajstić information content (AvgIpc) is 2.78. The second kappa shape index (κ2) is 5.95. The van der Waals surface area contributed by atoms with Crippen molar-refractivity contribution in [2.24, 2.45) is 0 Å². The third-order valence-electron chi connectivity index (χ3n) is 3.67. The molecule has 0 aliphatic carbocycles. The molecule has 6 nitrogen and oxygen atoms in total. The highest BCUT2D eigenvalue weighted by molar-refractivity contribution is 6.01. The molecule has 1 amide bonds. The maximum atomic E-state index is 12.5. The molecule has 1 heterocycles. The van der Waals surface area contributed by atoms with Gasteiger partial charge in [0.15, 0.2) is 0 Å². The lowest BCUT2D eigenvalue weighted by Gasteiger charge is -2.29. The molecular formula is C15H17NO5. The van der Waals surface area contributed by atoms with Gasteiger partial charge in [-0.25, -0.2) is 4.79 Å². The van der Waals surface area contributed by atoms with Crippen LogP contribution in [-0.2, 0) is 19.1 Å². The summed E-state index contributed by atoms with van der Waals surface area (Å²) < 4.78 is 9.39. The lowest BCUT2D eigenvalue weighted by atomic mass is 10.0. The van der Waals surface area contributed by atoms with Crippen molar-refractivity contribution >= 4 is 17.8 Å². The van der Waals surface area contributed by atoms with E-state index in [9.17, 15) is 14.4 Å². The van der Waals surface area contributed by atoms with Crippen molar-refractivity contribution in [3.63, 3.8) is 0 Å². The summed E-state index contributed by atoms with van der Waals surface area (Å²) in [6.07, 6.45) is 0.000583. The Morgan fingerprint density at radius 1 is 1.24 bits per heavy atom. The molecule has 0 saturated carbocycles. The van der Waals surface area contributed by atoms with Crippen molar-refractivity contribution in [2.75, 3.05) is 14.2 Å². The molecule has 0 N–H and O–H groups in total. The number of ether oxygens (including phenoxy) is 2. The van der Waals surface area contributed by atoms with Gasteiger partial charge in [0.1, 0.15) is 6.04 Å². The first-order chi connectivity index (χ1) is 10.0. The number of nitrogens with zero attached hydrogens (tertiary/aromatic N) is 1. The third kappa shape index (κ3) is 2.61. The Kier molecular flexibility index (Phi) is 4.26. The Balaban J connectivity index is 2.41. The number of methoxy groups -OCH3 is 2. The predicted octanol–water partition coefficient (Wildman–Crippen LogP) is 1.31. The van der Waals surface area contributed by atoms with Crippen LogP contribution in [-0.4, -0.2) is 43.0 Å². The molecule has 0 bridgehead atoms. The van der Waals surface area contributed by atoms with Crippen LogP contribution < -0.4 is 0 Å². The fourth-order valence-electron chi connectivity index (χ4n) is 2.59. The largest absolute Gasteiger partial charge is 0.469 e. The van der Waals surface area contributed by atoms with E-state index in [4.69, 9.17) is 4.74 Å². The van der Waals surface area contributed by atoms with Gasteiger partial charge in [0, 0.05) is 5.56 Å². The summed E-state index contributed by atoms with van der Waals surface area (Å²) in [4.78, 5) is 37.3. The smallest absolute Gasteiger partial charge is 0.328 e. The van der Waals surface area contributed by atoms with Crippen LogP contribution in [0.1, 0.15) is 35.3 Å². The standard InChI is InChI=1S/C15H17NO5/c1-9(15(19)21-3)16-12(8-13(17)20-2)10-6-4-5-7-11(10)14(16)18/h4-7,9,12H,8H2,1-3H3/t9-,12?/m0/s1. The number of esters is 2. The fourth-order valence-corrected chi connectivity index (χ4v) is 2.59. The van der Waals surface area contributed by atoms with Crippen molar-refractivity contribution in [1.29, 1.82) is 0 Å². The van der Waals surface area contributed by atoms with Gasteiger partial charge in [-0.3, -0.25) is 9.59 Å². The van der Waals surface area contributed by atoms with Crippen LogP contribution in [0, 0.1) is 0 Å². The number of benzene rings is 1. The Morgan fingerprint density at radius 2 is 1.90 bits per heavy atom.